The summed E-state index contributed by atoms with van der Waals surface area (Å²) < 4.78 is 45.8. The molecule has 0 saturated carbocycles. The summed E-state index contributed by atoms with van der Waals surface area (Å²) in [5, 5.41) is -0.0239. The number of hydrogen-bond acceptors (Lipinski definition) is 1. The van der Waals surface area contributed by atoms with Crippen LogP contribution >= 0.6 is 15.9 Å². The van der Waals surface area contributed by atoms with E-state index in [0.29, 0.717) is 0 Å². The van der Waals surface area contributed by atoms with Gasteiger partial charge in [0.05, 0.1) is 13.7 Å². The molecule has 0 spiro atoms. The van der Waals surface area contributed by atoms with E-state index in [-0.39, 0.29) is 45.7 Å². The van der Waals surface area contributed by atoms with Crippen molar-refractivity contribution in [3.05, 3.63) is 40.9 Å². The van der Waals surface area contributed by atoms with E-state index in [2.05, 4.69) is 20.9 Å². The lowest BCUT2D eigenvalue weighted by Crippen LogP contribution is -1.77. The molecule has 0 amide bonds. The summed E-state index contributed by atoms with van der Waals surface area (Å²) >= 11 is 3.00. The Kier molecular flexibility index (Phi) is 0.684. The predicted octanol–water partition coefficient (Wildman–Crippen LogP) is 3.00. The van der Waals surface area contributed by atoms with Crippen molar-refractivity contribution in [3.63, 3.8) is 0 Å². The van der Waals surface area contributed by atoms with Gasteiger partial charge in [-0.1, -0.05) is 24.2 Å². The molecule has 0 bridgehead atoms. The number of pyridine rings is 1. The quantitative estimate of drug-likeness (QED) is 0.614. The first-order chi connectivity index (χ1) is 7.86. The van der Waals surface area contributed by atoms with Crippen LogP contribution in [0.5, 0.6) is 0 Å². The van der Waals surface area contributed by atoms with E-state index < -0.39 is 6.04 Å². The minimum atomic E-state index is -0.417. The smallest absolute Gasteiger partial charge is 0.106 e. The summed E-state index contributed by atoms with van der Waals surface area (Å²) in [5.41, 5.74) is 0.00359. The molecule has 1 aromatic heterocycles. The molecule has 1 heterocycles. The molecule has 0 saturated heterocycles. The highest BCUT2D eigenvalue weighted by Gasteiger charge is 1.92. The zero-order valence-corrected chi connectivity index (χ0v) is 6.91. The fourth-order valence-electron chi connectivity index (χ4n) is 0.720. The fraction of sp³-hybridized carbons (Fsp3) is 0. The van der Waals surface area contributed by atoms with Gasteiger partial charge in [0.2, 0.25) is 0 Å². The topological polar surface area (TPSA) is 12.9 Å². The molecule has 2 rings (SSSR count). The molecular formula is C9H6BrN. The average Bonchev–Trinajstić information content (AvgIpc) is 2.30. The number of benzene rings is 1. The lowest BCUT2D eigenvalue weighted by molar-refractivity contribution is 1.35. The number of aromatic nitrogens is 1. The molecule has 1 aromatic carbocycles. The molecule has 2 aromatic rings. The maximum Gasteiger partial charge on any atom is 0.106 e. The second-order valence-corrected chi connectivity index (χ2v) is 2.63. The van der Waals surface area contributed by atoms with Crippen molar-refractivity contribution in [1.29, 1.82) is 0 Å². The van der Waals surface area contributed by atoms with Crippen molar-refractivity contribution in [3.8, 4) is 0 Å². The summed E-state index contributed by atoms with van der Waals surface area (Å²) in [6.45, 7) is 0. The van der Waals surface area contributed by atoms with Gasteiger partial charge in [-0.25, -0.2) is 4.98 Å². The summed E-state index contributed by atoms with van der Waals surface area (Å²) in [4.78, 5) is 3.90. The first kappa shape index (κ1) is 2.87. The van der Waals surface area contributed by atoms with Crippen molar-refractivity contribution < 1.29 is 8.22 Å². The Morgan fingerprint density at radius 3 is 2.91 bits per heavy atom. The molecule has 0 fully saturated rings. The molecule has 0 radical (unpaired) electrons. The zero-order valence-electron chi connectivity index (χ0n) is 11.3. The lowest BCUT2D eigenvalue weighted by Gasteiger charge is -1.94. The Morgan fingerprint density at radius 1 is 1.18 bits per heavy atom. The highest BCUT2D eigenvalue weighted by molar-refractivity contribution is 9.10. The molecule has 0 aliphatic carbocycles. The van der Waals surface area contributed by atoms with Gasteiger partial charge < -0.3 is 0 Å². The Morgan fingerprint density at radius 2 is 2.00 bits per heavy atom. The summed E-state index contributed by atoms with van der Waals surface area (Å²) in [5.74, 6) is 0. The Hall–Kier alpha value is -0.890. The van der Waals surface area contributed by atoms with Gasteiger partial charge in [0.1, 0.15) is 4.60 Å². The Balaban J connectivity index is 3.12. The second-order valence-electron chi connectivity index (χ2n) is 1.88. The average molecular weight is 214 g/mol. The molecule has 0 atom stereocenters. The highest BCUT2D eigenvalue weighted by atomic mass is 79.9. The predicted molar refractivity (Wildman–Crippen MR) is 49.4 cm³/mol. The van der Waals surface area contributed by atoms with Crippen LogP contribution in [0.2, 0.25) is 0 Å². The van der Waals surface area contributed by atoms with Gasteiger partial charge in [-0.05, 0) is 28.0 Å². The van der Waals surface area contributed by atoms with Gasteiger partial charge >= 0.3 is 0 Å². The van der Waals surface area contributed by atoms with Crippen molar-refractivity contribution in [2.24, 2.45) is 0 Å². The Labute approximate surface area is 81.6 Å². The third-order valence-electron chi connectivity index (χ3n) is 1.17. The first-order valence-electron chi connectivity index (χ1n) is 5.89. The second kappa shape index (κ2) is 2.62. The van der Waals surface area contributed by atoms with Crippen molar-refractivity contribution in [2.75, 3.05) is 0 Å². The van der Waals surface area contributed by atoms with E-state index >= 15 is 0 Å². The first-order valence-corrected chi connectivity index (χ1v) is 3.68. The molecule has 2 heteroatoms. The highest BCUT2D eigenvalue weighted by Crippen LogP contribution is 2.14. The van der Waals surface area contributed by atoms with Crippen molar-refractivity contribution in [2.45, 2.75) is 0 Å². The normalized spacial score (nSPS) is 17.9. The van der Waals surface area contributed by atoms with Crippen molar-refractivity contribution in [1.82, 2.24) is 4.98 Å². The van der Waals surface area contributed by atoms with Crippen LogP contribution in [0.3, 0.4) is 0 Å². The van der Waals surface area contributed by atoms with E-state index in [4.69, 9.17) is 8.22 Å². The minimum absolute atomic E-state index is 0.00359. The van der Waals surface area contributed by atoms with E-state index in [0.717, 1.165) is 0 Å². The Bertz CT molecular complexity index is 633. The maximum atomic E-state index is 7.73. The molecular weight excluding hydrogens is 202 g/mol. The van der Waals surface area contributed by atoms with E-state index in [1.807, 2.05) is 0 Å². The van der Waals surface area contributed by atoms with Gasteiger partial charge in [0.25, 0.3) is 0 Å². The molecule has 54 valence electrons. The summed E-state index contributed by atoms with van der Waals surface area (Å²) in [6, 6.07) is -1.88. The summed E-state index contributed by atoms with van der Waals surface area (Å²) in [7, 11) is 0. The third-order valence-corrected chi connectivity index (χ3v) is 1.54. The summed E-state index contributed by atoms with van der Waals surface area (Å²) in [6.07, 6.45) is 0. The maximum absolute atomic E-state index is 7.73. The van der Waals surface area contributed by atoms with Crippen LogP contribution in [0.25, 0.3) is 10.9 Å². The molecule has 0 aliphatic heterocycles. The molecule has 0 unspecified atom stereocenters. The number of rotatable bonds is 0. The number of halogens is 1. The van der Waals surface area contributed by atoms with Crippen LogP contribution in [-0.4, -0.2) is 4.98 Å². The van der Waals surface area contributed by atoms with Crippen molar-refractivity contribution >= 4 is 26.8 Å². The number of nitrogens with zero attached hydrogens (tertiary/aromatic N) is 1. The van der Waals surface area contributed by atoms with Crippen LogP contribution < -0.4 is 0 Å². The van der Waals surface area contributed by atoms with Crippen LogP contribution in [0.15, 0.2) is 40.9 Å². The van der Waals surface area contributed by atoms with Gasteiger partial charge in [-0.15, -0.1) is 0 Å². The van der Waals surface area contributed by atoms with Gasteiger partial charge in [0.15, 0.2) is 0 Å². The van der Waals surface area contributed by atoms with Crippen LogP contribution in [0.1, 0.15) is 8.22 Å². The van der Waals surface area contributed by atoms with Crippen LogP contribution in [-0.2, 0) is 0 Å². The fourth-order valence-corrected chi connectivity index (χ4v) is 0.997. The zero-order chi connectivity index (χ0) is 12.9. The van der Waals surface area contributed by atoms with Crippen LogP contribution in [0.4, 0.5) is 0 Å². The standard InChI is InChI=1S/C9H6BrN/c10-9-6-5-7-3-1-2-4-8(7)11-9/h1-6H/i1D,2D,3D,4D,5D,6D. The number of para-hydroxylation sites is 1. The van der Waals surface area contributed by atoms with Gasteiger partial charge in [-0.3, -0.25) is 0 Å². The van der Waals surface area contributed by atoms with E-state index in [1.165, 1.54) is 0 Å². The van der Waals surface area contributed by atoms with Gasteiger partial charge in [0, 0.05) is 5.39 Å². The molecule has 0 N–H and O–H groups in total. The number of fused-ring (bicyclic) bond motifs is 1. The van der Waals surface area contributed by atoms with E-state index in [1.54, 1.807) is 0 Å². The number of hydrogen-bond donors (Lipinski definition) is 0. The van der Waals surface area contributed by atoms with E-state index in [9.17, 15) is 0 Å². The molecule has 0 aliphatic rings. The monoisotopic (exact) mass is 213 g/mol. The molecule has 1 nitrogen and oxygen atoms in total. The van der Waals surface area contributed by atoms with Gasteiger partial charge in [-0.2, -0.15) is 0 Å². The lowest BCUT2D eigenvalue weighted by atomic mass is 10.2. The van der Waals surface area contributed by atoms with Crippen LogP contribution in [0, 0.1) is 0 Å². The minimum Gasteiger partial charge on any atom is -0.241 e. The largest absolute Gasteiger partial charge is 0.241 e. The third kappa shape index (κ3) is 1.26. The molecule has 11 heavy (non-hydrogen) atoms. The SMILES string of the molecule is [2H]c1c([2H])c([2H])c2c([2H])c([2H])c(Br)nc2c1[2H].